The lowest BCUT2D eigenvalue weighted by Gasteiger charge is -2.33. The second kappa shape index (κ2) is 10.8. The molecule has 7 rings (SSSR count). The fourth-order valence-corrected chi connectivity index (χ4v) is 7.31. The molecule has 2 N–H and O–H groups in total. The average Bonchev–Trinajstić information content (AvgIpc) is 3.60. The summed E-state index contributed by atoms with van der Waals surface area (Å²) in [4.78, 5) is 18.0. The van der Waals surface area contributed by atoms with Crippen molar-refractivity contribution in [3.05, 3.63) is 53.6 Å². The van der Waals surface area contributed by atoms with Crippen LogP contribution in [0.1, 0.15) is 61.9 Å². The number of nitrogens with two attached hydrogens (primary N) is 1. The van der Waals surface area contributed by atoms with Gasteiger partial charge < -0.3 is 29.3 Å². The van der Waals surface area contributed by atoms with E-state index in [1.165, 1.54) is 29.4 Å². The molecule has 0 radical (unpaired) electrons. The van der Waals surface area contributed by atoms with Crippen molar-refractivity contribution in [3.63, 3.8) is 0 Å². The number of rotatable bonds is 7. The predicted octanol–water partition coefficient (Wildman–Crippen LogP) is 6.59. The summed E-state index contributed by atoms with van der Waals surface area (Å²) < 4.78 is 14.7. The molecule has 4 heterocycles. The van der Waals surface area contributed by atoms with Gasteiger partial charge in [0, 0.05) is 73.0 Å². The molecule has 7 heteroatoms. The van der Waals surface area contributed by atoms with E-state index in [-0.39, 0.29) is 18.0 Å². The fourth-order valence-electron chi connectivity index (χ4n) is 7.31. The van der Waals surface area contributed by atoms with Gasteiger partial charge >= 0.3 is 0 Å². The number of aromatic nitrogens is 1. The number of fused-ring (bicyclic) bond motifs is 2. The molecular weight excluding hydrogens is 524 g/mol. The van der Waals surface area contributed by atoms with Crippen molar-refractivity contribution in [2.75, 3.05) is 31.6 Å². The number of hydrogen-bond donors (Lipinski definition) is 1. The van der Waals surface area contributed by atoms with Crippen molar-refractivity contribution in [3.8, 4) is 11.5 Å². The first kappa shape index (κ1) is 27.5. The summed E-state index contributed by atoms with van der Waals surface area (Å²) in [6.45, 7) is 10.1. The third kappa shape index (κ3) is 4.71. The van der Waals surface area contributed by atoms with Crippen molar-refractivity contribution in [1.29, 1.82) is 0 Å². The number of nitrogens with zero attached hydrogens (tertiary/aromatic N) is 3. The zero-order valence-corrected chi connectivity index (χ0v) is 25.4. The molecule has 42 heavy (non-hydrogen) atoms. The Balaban J connectivity index is 1.24. The molecule has 2 aromatic carbocycles. The Labute approximate surface area is 248 Å². The van der Waals surface area contributed by atoms with Crippen LogP contribution in [0.15, 0.2) is 46.9 Å². The maximum atomic E-state index is 13.6. The molecule has 1 amide bonds. The van der Waals surface area contributed by atoms with E-state index in [1.807, 2.05) is 24.1 Å². The maximum Gasteiger partial charge on any atom is 0.254 e. The Morgan fingerprint density at radius 3 is 2.55 bits per heavy atom. The van der Waals surface area contributed by atoms with Gasteiger partial charge in [-0.05, 0) is 81.7 Å². The van der Waals surface area contributed by atoms with Gasteiger partial charge in [0.05, 0.1) is 17.3 Å². The van der Waals surface area contributed by atoms with E-state index >= 15 is 0 Å². The van der Waals surface area contributed by atoms with Crippen LogP contribution in [0.4, 0.5) is 5.69 Å². The Bertz CT molecular complexity index is 1620. The van der Waals surface area contributed by atoms with Crippen LogP contribution in [0.5, 0.6) is 0 Å². The van der Waals surface area contributed by atoms with Crippen LogP contribution in [0.25, 0.3) is 33.3 Å². The Morgan fingerprint density at radius 1 is 1.07 bits per heavy atom. The zero-order chi connectivity index (χ0) is 29.1. The summed E-state index contributed by atoms with van der Waals surface area (Å²) in [5.74, 6) is 2.00. The molecule has 3 fully saturated rings. The number of piperidine rings is 1. The topological polar surface area (TPSA) is 76.9 Å². The number of aryl methyl sites for hydroxylation is 1. The van der Waals surface area contributed by atoms with E-state index in [9.17, 15) is 4.79 Å². The largest absolute Gasteiger partial charge is 0.454 e. The lowest BCUT2D eigenvalue weighted by Crippen LogP contribution is -2.41. The highest BCUT2D eigenvalue weighted by molar-refractivity contribution is 6.00. The van der Waals surface area contributed by atoms with Gasteiger partial charge in [0.2, 0.25) is 0 Å². The van der Waals surface area contributed by atoms with E-state index in [1.54, 1.807) is 0 Å². The quantitative estimate of drug-likeness (QED) is 0.272. The molecule has 222 valence electrons. The van der Waals surface area contributed by atoms with E-state index in [2.05, 4.69) is 60.6 Å². The van der Waals surface area contributed by atoms with Crippen LogP contribution >= 0.6 is 0 Å². The first-order chi connectivity index (χ1) is 20.4. The molecule has 3 atom stereocenters. The van der Waals surface area contributed by atoms with Crippen molar-refractivity contribution < 1.29 is 13.9 Å². The Morgan fingerprint density at radius 2 is 1.86 bits per heavy atom. The standard InChI is InChI=1S/C35H44N4O3/c1-5-24-20-38(22(3)33(24)36)35(40)26-9-11-29-21(2)34(42-32(29)17-26)31-16-25-8-10-27(37-14-12-28(41-4)13-15-37)18-30(25)39(31)19-23-6-7-23/h8-11,16-18,22-24,28,33H,5-7,12-15,19-20,36H2,1-4H3. The summed E-state index contributed by atoms with van der Waals surface area (Å²) >= 11 is 0. The van der Waals surface area contributed by atoms with Crippen LogP contribution in [0, 0.1) is 18.8 Å². The van der Waals surface area contributed by atoms with E-state index in [0.29, 0.717) is 24.1 Å². The summed E-state index contributed by atoms with van der Waals surface area (Å²) in [5, 5.41) is 2.30. The van der Waals surface area contributed by atoms with Crippen LogP contribution in [0.3, 0.4) is 0 Å². The third-order valence-electron chi connectivity index (χ3n) is 10.4. The lowest BCUT2D eigenvalue weighted by molar-refractivity contribution is 0.0739. The Hall–Kier alpha value is -3.29. The van der Waals surface area contributed by atoms with Crippen molar-refractivity contribution in [2.45, 2.75) is 77.6 Å². The second-order valence-corrected chi connectivity index (χ2v) is 13.0. The molecule has 2 aliphatic heterocycles. The van der Waals surface area contributed by atoms with Crippen LogP contribution in [-0.2, 0) is 11.3 Å². The molecule has 1 aliphatic carbocycles. The van der Waals surface area contributed by atoms with Gasteiger partial charge in [-0.3, -0.25) is 4.79 Å². The first-order valence-corrected chi connectivity index (χ1v) is 15.9. The third-order valence-corrected chi connectivity index (χ3v) is 10.4. The number of anilines is 1. The lowest BCUT2D eigenvalue weighted by atomic mass is 9.98. The number of methoxy groups -OCH3 is 1. The number of amides is 1. The normalized spacial score (nSPS) is 23.5. The molecule has 4 aromatic rings. The number of furan rings is 1. The SMILES string of the molecule is CCC1CN(C(=O)c2ccc3c(C)c(-c4cc5ccc(N6CCC(OC)CC6)cc5n4CC4CC4)oc3c2)C(C)C1N. The highest BCUT2D eigenvalue weighted by Crippen LogP contribution is 2.41. The molecule has 0 bridgehead atoms. The molecule has 3 unspecified atom stereocenters. The van der Waals surface area contributed by atoms with Crippen molar-refractivity contribution >= 4 is 33.5 Å². The van der Waals surface area contributed by atoms with Gasteiger partial charge in [-0.2, -0.15) is 0 Å². The van der Waals surface area contributed by atoms with Gasteiger partial charge in [-0.1, -0.05) is 25.5 Å². The predicted molar refractivity (Wildman–Crippen MR) is 169 cm³/mol. The summed E-state index contributed by atoms with van der Waals surface area (Å²) in [7, 11) is 1.82. The van der Waals surface area contributed by atoms with Gasteiger partial charge in [0.25, 0.3) is 5.91 Å². The Kier molecular flexibility index (Phi) is 7.06. The molecular formula is C35H44N4O3. The number of ether oxygens (including phenoxy) is 1. The van der Waals surface area contributed by atoms with E-state index in [4.69, 9.17) is 14.9 Å². The van der Waals surface area contributed by atoms with Crippen LogP contribution < -0.4 is 10.6 Å². The van der Waals surface area contributed by atoms with E-state index in [0.717, 1.165) is 72.8 Å². The minimum Gasteiger partial charge on any atom is -0.454 e. The molecule has 2 aromatic heterocycles. The number of likely N-dealkylation sites (tertiary alicyclic amines) is 1. The molecule has 2 saturated heterocycles. The van der Waals surface area contributed by atoms with Crippen molar-refractivity contribution in [2.24, 2.45) is 17.6 Å². The fraction of sp³-hybridized carbons (Fsp3) is 0.514. The van der Waals surface area contributed by atoms with Gasteiger partial charge in [-0.25, -0.2) is 0 Å². The molecule has 7 nitrogen and oxygen atoms in total. The molecule has 3 aliphatic rings. The highest BCUT2D eigenvalue weighted by atomic mass is 16.5. The zero-order valence-electron chi connectivity index (χ0n) is 25.4. The highest BCUT2D eigenvalue weighted by Gasteiger charge is 2.38. The average molecular weight is 569 g/mol. The summed E-state index contributed by atoms with van der Waals surface area (Å²) in [5.41, 5.74) is 12.7. The second-order valence-electron chi connectivity index (χ2n) is 13.0. The summed E-state index contributed by atoms with van der Waals surface area (Å²) in [6.07, 6.45) is 6.04. The molecule has 1 saturated carbocycles. The van der Waals surface area contributed by atoms with Gasteiger partial charge in [0.15, 0.2) is 5.76 Å². The van der Waals surface area contributed by atoms with Crippen LogP contribution in [0.2, 0.25) is 0 Å². The number of carbonyl (C=O) groups excluding carboxylic acids is 1. The van der Waals surface area contributed by atoms with E-state index < -0.39 is 0 Å². The smallest absolute Gasteiger partial charge is 0.254 e. The monoisotopic (exact) mass is 568 g/mol. The van der Waals surface area contributed by atoms with Crippen molar-refractivity contribution in [1.82, 2.24) is 9.47 Å². The minimum atomic E-state index is 0.0197. The number of benzene rings is 2. The summed E-state index contributed by atoms with van der Waals surface area (Å²) in [6, 6.07) is 15.2. The number of carbonyl (C=O) groups is 1. The van der Waals surface area contributed by atoms with Crippen LogP contribution in [-0.4, -0.2) is 60.3 Å². The molecule has 0 spiro atoms. The maximum absolute atomic E-state index is 13.6. The van der Waals surface area contributed by atoms with Gasteiger partial charge in [0.1, 0.15) is 5.58 Å². The first-order valence-electron chi connectivity index (χ1n) is 15.9. The van der Waals surface area contributed by atoms with Gasteiger partial charge in [-0.15, -0.1) is 0 Å². The minimum absolute atomic E-state index is 0.0197. The number of hydrogen-bond acceptors (Lipinski definition) is 5.